The van der Waals surface area contributed by atoms with E-state index < -0.39 is 0 Å². The normalized spacial score (nSPS) is 10.6. The van der Waals surface area contributed by atoms with Gasteiger partial charge in [-0.05, 0) is 32.0 Å². The summed E-state index contributed by atoms with van der Waals surface area (Å²) in [5.41, 5.74) is 3.40. The van der Waals surface area contributed by atoms with Crippen molar-refractivity contribution >= 4 is 11.7 Å². The number of hydrogen-bond donors (Lipinski definition) is 1. The van der Waals surface area contributed by atoms with E-state index >= 15 is 0 Å². The lowest BCUT2D eigenvalue weighted by Gasteiger charge is -2.10. The largest absolute Gasteiger partial charge is 0.311 e. The van der Waals surface area contributed by atoms with Crippen LogP contribution in [0.3, 0.4) is 0 Å². The van der Waals surface area contributed by atoms with Crippen LogP contribution in [0.1, 0.15) is 24.7 Å². The number of aromatic nitrogens is 5. The maximum atomic E-state index is 11.6. The molecule has 0 atom stereocenters. The average molecular weight is 322 g/mol. The first-order valence-corrected chi connectivity index (χ1v) is 7.69. The molecule has 1 amide bonds. The van der Waals surface area contributed by atoms with Crippen LogP contribution in [0.25, 0.3) is 17.1 Å². The minimum absolute atomic E-state index is 0.0930. The third-order valence-corrected chi connectivity index (χ3v) is 3.53. The lowest BCUT2D eigenvalue weighted by molar-refractivity contribution is -0.115. The lowest BCUT2D eigenvalue weighted by atomic mass is 10.1. The number of nitrogens with zero attached hydrogens (tertiary/aromatic N) is 5. The van der Waals surface area contributed by atoms with Gasteiger partial charge in [0.25, 0.3) is 0 Å². The molecular weight excluding hydrogens is 304 g/mol. The predicted molar refractivity (Wildman–Crippen MR) is 90.8 cm³/mol. The van der Waals surface area contributed by atoms with Gasteiger partial charge in [-0.1, -0.05) is 6.92 Å². The number of carbonyl (C=O) groups is 1. The summed E-state index contributed by atoms with van der Waals surface area (Å²) >= 11 is 0. The van der Waals surface area contributed by atoms with Crippen LogP contribution >= 0.6 is 0 Å². The molecule has 122 valence electrons. The molecule has 0 aliphatic rings. The van der Waals surface area contributed by atoms with Crippen molar-refractivity contribution in [2.24, 2.45) is 0 Å². The quantitative estimate of drug-likeness (QED) is 0.798. The standard InChI is InChI=1S/C17H18N6O/c1-4-16(24)21-15-9-14(19-10-20-15)13-6-5-7-18-17(13)23-12(3)8-11(2)22-23/h5-10H,4H2,1-3H3,(H,19,20,21,24). The van der Waals surface area contributed by atoms with Gasteiger partial charge in [-0.2, -0.15) is 5.10 Å². The molecule has 7 nitrogen and oxygen atoms in total. The van der Waals surface area contributed by atoms with Crippen LogP contribution in [-0.4, -0.2) is 30.6 Å². The molecule has 0 spiro atoms. The third-order valence-electron chi connectivity index (χ3n) is 3.53. The molecule has 3 heterocycles. The van der Waals surface area contributed by atoms with Crippen molar-refractivity contribution in [1.29, 1.82) is 0 Å². The van der Waals surface area contributed by atoms with E-state index in [1.54, 1.807) is 23.9 Å². The van der Waals surface area contributed by atoms with Gasteiger partial charge in [0, 0.05) is 29.9 Å². The Kier molecular flexibility index (Phi) is 4.33. The molecule has 24 heavy (non-hydrogen) atoms. The molecule has 0 fully saturated rings. The van der Waals surface area contributed by atoms with Gasteiger partial charge in [-0.25, -0.2) is 19.6 Å². The van der Waals surface area contributed by atoms with E-state index in [0.717, 1.165) is 17.0 Å². The molecule has 3 aromatic rings. The first-order valence-electron chi connectivity index (χ1n) is 7.69. The van der Waals surface area contributed by atoms with Gasteiger partial charge < -0.3 is 5.32 Å². The first-order chi connectivity index (χ1) is 11.6. The van der Waals surface area contributed by atoms with Gasteiger partial charge >= 0.3 is 0 Å². The van der Waals surface area contributed by atoms with E-state index in [1.807, 2.05) is 32.0 Å². The Labute approximate surface area is 139 Å². The van der Waals surface area contributed by atoms with Gasteiger partial charge in [-0.3, -0.25) is 4.79 Å². The SMILES string of the molecule is CCC(=O)Nc1cc(-c2cccnc2-n2nc(C)cc2C)ncn1. The van der Waals surface area contributed by atoms with E-state index in [0.29, 0.717) is 23.8 Å². The number of aryl methyl sites for hydroxylation is 2. The fourth-order valence-electron chi connectivity index (χ4n) is 2.41. The second-order valence-electron chi connectivity index (χ2n) is 5.40. The van der Waals surface area contributed by atoms with Crippen molar-refractivity contribution in [3.63, 3.8) is 0 Å². The van der Waals surface area contributed by atoms with Crippen molar-refractivity contribution < 1.29 is 4.79 Å². The highest BCUT2D eigenvalue weighted by atomic mass is 16.1. The van der Waals surface area contributed by atoms with E-state index in [9.17, 15) is 4.79 Å². The number of nitrogens with one attached hydrogen (secondary N) is 1. The van der Waals surface area contributed by atoms with Gasteiger partial charge in [-0.15, -0.1) is 0 Å². The molecule has 3 rings (SSSR count). The topological polar surface area (TPSA) is 85.6 Å². The smallest absolute Gasteiger partial charge is 0.225 e. The molecule has 0 saturated heterocycles. The second-order valence-corrected chi connectivity index (χ2v) is 5.40. The molecule has 7 heteroatoms. The van der Waals surface area contributed by atoms with Crippen LogP contribution in [0.4, 0.5) is 5.82 Å². The predicted octanol–water partition coefficient (Wildman–Crippen LogP) is 2.69. The Balaban J connectivity index is 2.06. The molecule has 0 aliphatic heterocycles. The van der Waals surface area contributed by atoms with Gasteiger partial charge in [0.1, 0.15) is 12.1 Å². The lowest BCUT2D eigenvalue weighted by Crippen LogP contribution is -2.11. The number of hydrogen-bond acceptors (Lipinski definition) is 5. The number of rotatable bonds is 4. The first kappa shape index (κ1) is 15.8. The van der Waals surface area contributed by atoms with Crippen LogP contribution in [0.2, 0.25) is 0 Å². The van der Waals surface area contributed by atoms with Gasteiger partial charge in [0.2, 0.25) is 5.91 Å². The Hall–Kier alpha value is -3.09. The van der Waals surface area contributed by atoms with Gasteiger partial charge in [0.15, 0.2) is 5.82 Å². The summed E-state index contributed by atoms with van der Waals surface area (Å²) in [6.07, 6.45) is 3.54. The highest BCUT2D eigenvalue weighted by Gasteiger charge is 2.13. The molecule has 3 aromatic heterocycles. The number of amides is 1. The summed E-state index contributed by atoms with van der Waals surface area (Å²) in [7, 11) is 0. The maximum Gasteiger partial charge on any atom is 0.225 e. The van der Waals surface area contributed by atoms with E-state index in [4.69, 9.17) is 0 Å². The zero-order chi connectivity index (χ0) is 17.1. The summed E-state index contributed by atoms with van der Waals surface area (Å²) in [4.78, 5) is 24.4. The molecule has 0 aromatic carbocycles. The highest BCUT2D eigenvalue weighted by Crippen LogP contribution is 2.25. The van der Waals surface area contributed by atoms with Crippen molar-refractivity contribution in [3.8, 4) is 17.1 Å². The second kappa shape index (κ2) is 6.57. The Morgan fingerprint density at radius 1 is 1.21 bits per heavy atom. The van der Waals surface area contributed by atoms with Crippen molar-refractivity contribution in [3.05, 3.63) is 48.2 Å². The molecule has 0 unspecified atom stereocenters. The van der Waals surface area contributed by atoms with Crippen LogP contribution < -0.4 is 5.32 Å². The molecule has 0 saturated carbocycles. The molecule has 1 N–H and O–H groups in total. The minimum atomic E-state index is -0.0930. The van der Waals surface area contributed by atoms with Crippen molar-refractivity contribution in [2.75, 3.05) is 5.32 Å². The summed E-state index contributed by atoms with van der Waals surface area (Å²) in [6.45, 7) is 5.71. The van der Waals surface area contributed by atoms with E-state index in [-0.39, 0.29) is 5.91 Å². The summed E-state index contributed by atoms with van der Waals surface area (Å²) in [5, 5.41) is 7.24. The van der Waals surface area contributed by atoms with Crippen molar-refractivity contribution in [2.45, 2.75) is 27.2 Å². The molecule has 0 bridgehead atoms. The van der Waals surface area contributed by atoms with Crippen LogP contribution in [0, 0.1) is 13.8 Å². The zero-order valence-electron chi connectivity index (χ0n) is 13.8. The fourth-order valence-corrected chi connectivity index (χ4v) is 2.41. The van der Waals surface area contributed by atoms with Crippen LogP contribution in [-0.2, 0) is 4.79 Å². The third kappa shape index (κ3) is 3.15. The maximum absolute atomic E-state index is 11.6. The molecule has 0 radical (unpaired) electrons. The summed E-state index contributed by atoms with van der Waals surface area (Å²) in [5.74, 6) is 1.06. The molecular formula is C17H18N6O. The Morgan fingerprint density at radius 2 is 2.04 bits per heavy atom. The van der Waals surface area contributed by atoms with Gasteiger partial charge in [0.05, 0.1) is 11.4 Å². The average Bonchev–Trinajstić information content (AvgIpc) is 2.93. The Bertz CT molecular complexity index is 886. The van der Waals surface area contributed by atoms with Crippen molar-refractivity contribution in [1.82, 2.24) is 24.7 Å². The number of anilines is 1. The summed E-state index contributed by atoms with van der Waals surface area (Å²) < 4.78 is 1.79. The number of carbonyl (C=O) groups excluding carboxylic acids is 1. The Morgan fingerprint density at radius 3 is 2.75 bits per heavy atom. The number of pyridine rings is 1. The van der Waals surface area contributed by atoms with E-state index in [1.165, 1.54) is 6.33 Å². The highest BCUT2D eigenvalue weighted by molar-refractivity contribution is 5.90. The summed E-state index contributed by atoms with van der Waals surface area (Å²) in [6, 6.07) is 7.49. The fraction of sp³-hybridized carbons (Fsp3) is 0.235. The zero-order valence-corrected chi connectivity index (χ0v) is 13.8. The van der Waals surface area contributed by atoms with E-state index in [2.05, 4.69) is 25.4 Å². The van der Waals surface area contributed by atoms with Crippen LogP contribution in [0.15, 0.2) is 36.8 Å². The minimum Gasteiger partial charge on any atom is -0.311 e. The molecule has 0 aliphatic carbocycles. The monoisotopic (exact) mass is 322 g/mol. The van der Waals surface area contributed by atoms with Crippen LogP contribution in [0.5, 0.6) is 0 Å².